The highest BCUT2D eigenvalue weighted by atomic mass is 32.2. The number of halogens is 1. The molecule has 1 spiro atoms. The van der Waals surface area contributed by atoms with Crippen LogP contribution in [0.2, 0.25) is 0 Å². The van der Waals surface area contributed by atoms with Gasteiger partial charge in [-0.3, -0.25) is 14.5 Å². The molecule has 0 radical (unpaired) electrons. The molecule has 3 aliphatic rings. The fourth-order valence-electron chi connectivity index (χ4n) is 4.52. The first kappa shape index (κ1) is 19.2. The maximum Gasteiger partial charge on any atom is 0.325 e. The molecular formula is C20H24FN3O3S. The topological polar surface area (TPSA) is 69.7 Å². The zero-order valence-electron chi connectivity index (χ0n) is 15.8. The number of hydrogen-bond acceptors (Lipinski definition) is 4. The molecule has 4 rings (SSSR count). The highest BCUT2D eigenvalue weighted by Gasteiger charge is 2.55. The first-order chi connectivity index (χ1) is 13.4. The molecule has 150 valence electrons. The lowest BCUT2D eigenvalue weighted by Gasteiger charge is -2.36. The molecular weight excluding hydrogens is 381 g/mol. The Morgan fingerprint density at radius 3 is 2.86 bits per heavy atom. The van der Waals surface area contributed by atoms with Crippen LogP contribution in [-0.4, -0.2) is 52.0 Å². The molecule has 1 N–H and O–H groups in total. The van der Waals surface area contributed by atoms with Crippen LogP contribution >= 0.6 is 11.8 Å². The van der Waals surface area contributed by atoms with Crippen LogP contribution in [0.5, 0.6) is 0 Å². The van der Waals surface area contributed by atoms with Gasteiger partial charge < -0.3 is 10.2 Å². The van der Waals surface area contributed by atoms with E-state index in [1.54, 1.807) is 23.1 Å². The van der Waals surface area contributed by atoms with Gasteiger partial charge in [0.05, 0.1) is 0 Å². The Kier molecular flexibility index (Phi) is 5.07. The highest BCUT2D eigenvalue weighted by molar-refractivity contribution is 7.99. The van der Waals surface area contributed by atoms with Crippen molar-refractivity contribution in [3.8, 4) is 0 Å². The maximum absolute atomic E-state index is 14.2. The third-order valence-electron chi connectivity index (χ3n) is 6.18. The van der Waals surface area contributed by atoms with Crippen molar-refractivity contribution in [2.45, 2.75) is 43.5 Å². The molecule has 1 aliphatic carbocycles. The number of imide groups is 1. The van der Waals surface area contributed by atoms with Crippen LogP contribution in [0.15, 0.2) is 24.3 Å². The number of urea groups is 1. The molecule has 0 bridgehead atoms. The van der Waals surface area contributed by atoms with Crippen LogP contribution in [0, 0.1) is 11.7 Å². The molecule has 3 fully saturated rings. The van der Waals surface area contributed by atoms with Crippen LogP contribution in [-0.2, 0) is 9.59 Å². The Bertz CT molecular complexity index is 820. The molecule has 6 nitrogen and oxygen atoms in total. The Hall–Kier alpha value is -2.09. The van der Waals surface area contributed by atoms with E-state index < -0.39 is 16.9 Å². The van der Waals surface area contributed by atoms with Crippen LogP contribution in [0.25, 0.3) is 0 Å². The van der Waals surface area contributed by atoms with Gasteiger partial charge in [0.25, 0.3) is 5.91 Å². The van der Waals surface area contributed by atoms with Crippen molar-refractivity contribution in [2.75, 3.05) is 18.8 Å². The lowest BCUT2D eigenvalue weighted by molar-refractivity contribution is -0.140. The second kappa shape index (κ2) is 7.39. The SMILES string of the molecule is CC1CCCCC12NC(=O)N(CC(=O)N1CCSC1c1ccccc1F)C2=O. The molecule has 3 atom stereocenters. The fraction of sp³-hybridized carbons (Fsp3) is 0.550. The minimum atomic E-state index is -0.875. The molecule has 2 saturated heterocycles. The number of nitrogens with one attached hydrogen (secondary N) is 1. The maximum atomic E-state index is 14.2. The van der Waals surface area contributed by atoms with Crippen molar-refractivity contribution in [3.05, 3.63) is 35.6 Å². The summed E-state index contributed by atoms with van der Waals surface area (Å²) in [5.74, 6) is -0.253. The summed E-state index contributed by atoms with van der Waals surface area (Å²) in [5, 5.41) is 2.44. The number of thioether (sulfide) groups is 1. The van der Waals surface area contributed by atoms with E-state index in [1.165, 1.54) is 17.8 Å². The van der Waals surface area contributed by atoms with Crippen molar-refractivity contribution in [3.63, 3.8) is 0 Å². The first-order valence-corrected chi connectivity index (χ1v) is 10.8. The van der Waals surface area contributed by atoms with E-state index in [4.69, 9.17) is 0 Å². The summed E-state index contributed by atoms with van der Waals surface area (Å²) in [5.41, 5.74) is -0.423. The zero-order chi connectivity index (χ0) is 19.9. The molecule has 2 aliphatic heterocycles. The third kappa shape index (κ3) is 3.07. The van der Waals surface area contributed by atoms with E-state index in [-0.39, 0.29) is 30.1 Å². The molecule has 1 saturated carbocycles. The van der Waals surface area contributed by atoms with Crippen molar-refractivity contribution < 1.29 is 18.8 Å². The standard InChI is InChI=1S/C20H24FN3O3S/c1-13-6-4-5-9-20(13)18(26)24(19(27)22-20)12-16(25)23-10-11-28-17(23)14-7-2-3-8-15(14)21/h2-3,7-8,13,17H,4-6,9-12H2,1H3,(H,22,27). The summed E-state index contributed by atoms with van der Waals surface area (Å²) in [6.45, 7) is 2.15. The van der Waals surface area contributed by atoms with E-state index in [1.807, 2.05) is 6.92 Å². The second-order valence-corrected chi connectivity index (χ2v) is 8.96. The van der Waals surface area contributed by atoms with E-state index in [2.05, 4.69) is 5.32 Å². The van der Waals surface area contributed by atoms with Crippen molar-refractivity contribution in [1.82, 2.24) is 15.1 Å². The molecule has 3 unspecified atom stereocenters. The predicted molar refractivity (Wildman–Crippen MR) is 104 cm³/mol. The number of carbonyl (C=O) groups excluding carboxylic acids is 3. The minimum absolute atomic E-state index is 0.0475. The number of nitrogens with zero attached hydrogens (tertiary/aromatic N) is 2. The monoisotopic (exact) mass is 405 g/mol. The molecule has 4 amide bonds. The van der Waals surface area contributed by atoms with Crippen LogP contribution < -0.4 is 5.32 Å². The molecule has 2 heterocycles. The lowest BCUT2D eigenvalue weighted by atomic mass is 9.73. The minimum Gasteiger partial charge on any atom is -0.324 e. The van der Waals surface area contributed by atoms with Crippen molar-refractivity contribution in [1.29, 1.82) is 0 Å². The number of amides is 4. The van der Waals surface area contributed by atoms with Gasteiger partial charge in [0.1, 0.15) is 23.3 Å². The molecule has 1 aromatic carbocycles. The molecule has 0 aromatic heterocycles. The highest BCUT2D eigenvalue weighted by Crippen LogP contribution is 2.40. The number of rotatable bonds is 3. The van der Waals surface area contributed by atoms with Gasteiger partial charge in [-0.15, -0.1) is 11.8 Å². The normalized spacial score (nSPS) is 30.2. The molecule has 8 heteroatoms. The molecule has 28 heavy (non-hydrogen) atoms. The number of carbonyl (C=O) groups is 3. The lowest BCUT2D eigenvalue weighted by Crippen LogP contribution is -2.54. The van der Waals surface area contributed by atoms with E-state index in [0.717, 1.165) is 24.2 Å². The Morgan fingerprint density at radius 1 is 1.32 bits per heavy atom. The summed E-state index contributed by atoms with van der Waals surface area (Å²) >= 11 is 1.49. The second-order valence-electron chi connectivity index (χ2n) is 7.77. The summed E-state index contributed by atoms with van der Waals surface area (Å²) in [7, 11) is 0. The van der Waals surface area contributed by atoms with Gasteiger partial charge in [-0.1, -0.05) is 38.0 Å². The van der Waals surface area contributed by atoms with Gasteiger partial charge in [0.2, 0.25) is 5.91 Å². The van der Waals surface area contributed by atoms with Crippen LogP contribution in [0.3, 0.4) is 0 Å². The zero-order valence-corrected chi connectivity index (χ0v) is 16.6. The summed E-state index contributed by atoms with van der Waals surface area (Å²) < 4.78 is 14.2. The number of hydrogen-bond donors (Lipinski definition) is 1. The van der Waals surface area contributed by atoms with Gasteiger partial charge in [0, 0.05) is 17.9 Å². The average molecular weight is 405 g/mol. The van der Waals surface area contributed by atoms with Crippen molar-refractivity contribution >= 4 is 29.6 Å². The predicted octanol–water partition coefficient (Wildman–Crippen LogP) is 2.90. The van der Waals surface area contributed by atoms with Gasteiger partial charge in [-0.25, -0.2) is 9.18 Å². The summed E-state index contributed by atoms with van der Waals surface area (Å²) in [6, 6.07) is 5.91. The van der Waals surface area contributed by atoms with E-state index in [9.17, 15) is 18.8 Å². The summed E-state index contributed by atoms with van der Waals surface area (Å²) in [4.78, 5) is 41.2. The smallest absolute Gasteiger partial charge is 0.324 e. The quantitative estimate of drug-likeness (QED) is 0.785. The summed E-state index contributed by atoms with van der Waals surface area (Å²) in [6.07, 6.45) is 3.42. The van der Waals surface area contributed by atoms with Gasteiger partial charge in [-0.05, 0) is 24.8 Å². The third-order valence-corrected chi connectivity index (χ3v) is 7.42. The molecule has 1 aromatic rings. The van der Waals surface area contributed by atoms with E-state index >= 15 is 0 Å². The Morgan fingerprint density at radius 2 is 2.11 bits per heavy atom. The van der Waals surface area contributed by atoms with Gasteiger partial charge in [0.15, 0.2) is 0 Å². The number of benzene rings is 1. The Balaban J connectivity index is 1.51. The fourth-order valence-corrected chi connectivity index (χ4v) is 5.82. The Labute approximate surface area is 167 Å². The van der Waals surface area contributed by atoms with Gasteiger partial charge >= 0.3 is 6.03 Å². The first-order valence-electron chi connectivity index (χ1n) is 9.73. The van der Waals surface area contributed by atoms with Gasteiger partial charge in [-0.2, -0.15) is 0 Å². The van der Waals surface area contributed by atoms with Crippen LogP contribution in [0.4, 0.5) is 9.18 Å². The van der Waals surface area contributed by atoms with Crippen LogP contribution in [0.1, 0.15) is 43.5 Å². The largest absolute Gasteiger partial charge is 0.325 e. The average Bonchev–Trinajstić information content (AvgIpc) is 3.24. The van der Waals surface area contributed by atoms with E-state index in [0.29, 0.717) is 24.3 Å². The van der Waals surface area contributed by atoms with Crippen molar-refractivity contribution in [2.24, 2.45) is 5.92 Å².